The zero-order valence-electron chi connectivity index (χ0n) is 11.1. The molecule has 1 aliphatic rings. The van der Waals surface area contributed by atoms with E-state index >= 15 is 0 Å². The minimum Gasteiger partial charge on any atom is -0.457 e. The first-order valence-electron chi connectivity index (χ1n) is 6.52. The second kappa shape index (κ2) is 6.39. The summed E-state index contributed by atoms with van der Waals surface area (Å²) in [6.45, 7) is 1.21. The minimum atomic E-state index is -0.322. The summed E-state index contributed by atoms with van der Waals surface area (Å²) in [5.41, 5.74) is 1.51. The largest absolute Gasteiger partial charge is 0.457 e. The third-order valence-electron chi connectivity index (χ3n) is 3.09. The Hall–Kier alpha value is -1.69. The Morgan fingerprint density at radius 1 is 1.10 bits per heavy atom. The van der Waals surface area contributed by atoms with Gasteiger partial charge in [-0.3, -0.25) is 4.79 Å². The van der Waals surface area contributed by atoms with Crippen LogP contribution in [0.4, 0.5) is 0 Å². The normalized spacial score (nSPS) is 15.1. The van der Waals surface area contributed by atoms with Crippen LogP contribution in [0.5, 0.6) is 11.5 Å². The van der Waals surface area contributed by atoms with E-state index in [4.69, 9.17) is 14.2 Å². The Kier molecular flexibility index (Phi) is 4.34. The number of rotatable bonds is 4. The molecule has 4 nitrogen and oxygen atoms in total. The van der Waals surface area contributed by atoms with Crippen LogP contribution in [0.1, 0.15) is 22.2 Å². The molecule has 1 fully saturated rings. The molecule has 5 heteroatoms. The van der Waals surface area contributed by atoms with Crippen LogP contribution in [0.2, 0.25) is 0 Å². The molecule has 21 heavy (non-hydrogen) atoms. The molecule has 0 bridgehead atoms. The maximum absolute atomic E-state index is 10.8. The molecule has 108 valence electrons. The van der Waals surface area contributed by atoms with E-state index in [-0.39, 0.29) is 6.29 Å². The van der Waals surface area contributed by atoms with Crippen LogP contribution in [0, 0.1) is 0 Å². The summed E-state index contributed by atoms with van der Waals surface area (Å²) in [6.07, 6.45) is 0.473. The lowest BCUT2D eigenvalue weighted by molar-refractivity contribution is -0.0442. The lowest BCUT2D eigenvalue weighted by Crippen LogP contribution is -1.98. The molecule has 3 rings (SSSR count). The summed E-state index contributed by atoms with van der Waals surface area (Å²) in [5, 5.41) is 0. The second-order valence-corrected chi connectivity index (χ2v) is 5.40. The third-order valence-corrected chi connectivity index (χ3v) is 3.77. The van der Waals surface area contributed by atoms with Gasteiger partial charge in [0.1, 0.15) is 11.5 Å². The van der Waals surface area contributed by atoms with Gasteiger partial charge >= 0.3 is 0 Å². The molecule has 0 radical (unpaired) electrons. The number of carbonyl (C=O) groups is 1. The fraction of sp³-hybridized carbons (Fsp3) is 0.188. The summed E-state index contributed by atoms with van der Waals surface area (Å²) in [6, 6.07) is 12.8. The molecule has 0 amide bonds. The summed E-state index contributed by atoms with van der Waals surface area (Å²) in [7, 11) is 0. The van der Waals surface area contributed by atoms with E-state index in [9.17, 15) is 4.79 Å². The molecule has 0 spiro atoms. The number of halogens is 1. The van der Waals surface area contributed by atoms with Crippen molar-refractivity contribution in [2.75, 3.05) is 13.2 Å². The smallest absolute Gasteiger partial charge is 0.184 e. The molecule has 0 aromatic heterocycles. The van der Waals surface area contributed by atoms with Crippen molar-refractivity contribution in [3.8, 4) is 11.5 Å². The zero-order chi connectivity index (χ0) is 14.7. The summed E-state index contributed by atoms with van der Waals surface area (Å²) in [4.78, 5) is 10.8. The van der Waals surface area contributed by atoms with Gasteiger partial charge in [0.2, 0.25) is 0 Å². The van der Waals surface area contributed by atoms with Crippen molar-refractivity contribution in [3.05, 3.63) is 58.1 Å². The van der Waals surface area contributed by atoms with Crippen molar-refractivity contribution in [2.45, 2.75) is 6.29 Å². The zero-order valence-corrected chi connectivity index (χ0v) is 12.7. The molecule has 2 aromatic carbocycles. The van der Waals surface area contributed by atoms with Crippen molar-refractivity contribution >= 4 is 22.2 Å². The van der Waals surface area contributed by atoms with Crippen LogP contribution in [0.25, 0.3) is 0 Å². The summed E-state index contributed by atoms with van der Waals surface area (Å²) < 4.78 is 17.4. The third kappa shape index (κ3) is 3.32. The molecular formula is C16H13BrO4. The Labute approximate surface area is 130 Å². The first-order chi connectivity index (χ1) is 10.3. The highest BCUT2D eigenvalue weighted by molar-refractivity contribution is 9.10. The first kappa shape index (κ1) is 14.3. The van der Waals surface area contributed by atoms with Crippen LogP contribution in [-0.4, -0.2) is 19.5 Å². The monoisotopic (exact) mass is 348 g/mol. The van der Waals surface area contributed by atoms with E-state index in [0.717, 1.165) is 11.8 Å². The molecule has 0 unspecified atom stereocenters. The average molecular weight is 349 g/mol. The van der Waals surface area contributed by atoms with E-state index < -0.39 is 0 Å². The highest BCUT2D eigenvalue weighted by atomic mass is 79.9. The molecule has 1 saturated heterocycles. The second-order valence-electron chi connectivity index (χ2n) is 4.55. The van der Waals surface area contributed by atoms with Gasteiger partial charge in [-0.1, -0.05) is 12.1 Å². The summed E-state index contributed by atoms with van der Waals surface area (Å²) in [5.74, 6) is 1.34. The highest BCUT2D eigenvalue weighted by Crippen LogP contribution is 2.30. The molecule has 0 atom stereocenters. The van der Waals surface area contributed by atoms with Gasteiger partial charge in [-0.25, -0.2) is 0 Å². The molecule has 1 aliphatic heterocycles. The van der Waals surface area contributed by atoms with Gasteiger partial charge < -0.3 is 14.2 Å². The van der Waals surface area contributed by atoms with Gasteiger partial charge in [0, 0.05) is 15.6 Å². The summed E-state index contributed by atoms with van der Waals surface area (Å²) >= 11 is 3.34. The Morgan fingerprint density at radius 2 is 1.86 bits per heavy atom. The Bertz CT molecular complexity index is 650. The molecule has 0 N–H and O–H groups in total. The van der Waals surface area contributed by atoms with Gasteiger partial charge in [0.05, 0.1) is 13.2 Å². The standard InChI is InChI=1S/C16H13BrO4/c17-15-9-14(5-4-12(15)10-18)21-13-3-1-2-11(8-13)16-19-6-7-20-16/h1-5,8-10,16H,6-7H2. The maximum Gasteiger partial charge on any atom is 0.184 e. The van der Waals surface area contributed by atoms with Crippen LogP contribution >= 0.6 is 15.9 Å². The van der Waals surface area contributed by atoms with Crippen molar-refractivity contribution in [2.24, 2.45) is 0 Å². The van der Waals surface area contributed by atoms with Crippen LogP contribution in [0.3, 0.4) is 0 Å². The first-order valence-corrected chi connectivity index (χ1v) is 7.31. The fourth-order valence-corrected chi connectivity index (χ4v) is 2.53. The van der Waals surface area contributed by atoms with Gasteiger partial charge in [0.25, 0.3) is 0 Å². The lowest BCUT2D eigenvalue weighted by atomic mass is 10.2. The van der Waals surface area contributed by atoms with Crippen molar-refractivity contribution in [1.82, 2.24) is 0 Å². The van der Waals surface area contributed by atoms with Crippen molar-refractivity contribution < 1.29 is 19.0 Å². The van der Waals surface area contributed by atoms with E-state index in [1.54, 1.807) is 18.2 Å². The van der Waals surface area contributed by atoms with E-state index in [1.807, 2.05) is 24.3 Å². The number of hydrogen-bond acceptors (Lipinski definition) is 4. The molecule has 1 heterocycles. The van der Waals surface area contributed by atoms with Gasteiger partial charge in [-0.05, 0) is 46.3 Å². The molecular weight excluding hydrogens is 336 g/mol. The Balaban J connectivity index is 1.79. The topological polar surface area (TPSA) is 44.8 Å². The number of benzene rings is 2. The van der Waals surface area contributed by atoms with E-state index in [0.29, 0.717) is 34.7 Å². The molecule has 0 saturated carbocycles. The van der Waals surface area contributed by atoms with Gasteiger partial charge in [-0.2, -0.15) is 0 Å². The lowest BCUT2D eigenvalue weighted by Gasteiger charge is -2.12. The van der Waals surface area contributed by atoms with Crippen LogP contribution in [-0.2, 0) is 9.47 Å². The predicted molar refractivity (Wildman–Crippen MR) is 80.7 cm³/mol. The number of carbonyl (C=O) groups excluding carboxylic acids is 1. The number of hydrogen-bond donors (Lipinski definition) is 0. The van der Waals surface area contributed by atoms with Crippen LogP contribution in [0.15, 0.2) is 46.9 Å². The SMILES string of the molecule is O=Cc1ccc(Oc2cccc(C3OCCO3)c2)cc1Br. The minimum absolute atomic E-state index is 0.322. The Morgan fingerprint density at radius 3 is 2.57 bits per heavy atom. The predicted octanol–water partition coefficient (Wildman–Crippen LogP) is 4.10. The van der Waals surface area contributed by atoms with Gasteiger partial charge in [-0.15, -0.1) is 0 Å². The van der Waals surface area contributed by atoms with E-state index in [1.165, 1.54) is 0 Å². The number of aldehydes is 1. The molecule has 0 aliphatic carbocycles. The van der Waals surface area contributed by atoms with Crippen molar-refractivity contribution in [3.63, 3.8) is 0 Å². The number of ether oxygens (including phenoxy) is 3. The van der Waals surface area contributed by atoms with Crippen LogP contribution < -0.4 is 4.74 Å². The van der Waals surface area contributed by atoms with E-state index in [2.05, 4.69) is 15.9 Å². The maximum atomic E-state index is 10.8. The average Bonchev–Trinajstić information content (AvgIpc) is 3.02. The highest BCUT2D eigenvalue weighted by Gasteiger charge is 2.18. The fourth-order valence-electron chi connectivity index (χ4n) is 2.08. The molecule has 2 aromatic rings. The quantitative estimate of drug-likeness (QED) is 0.780. The van der Waals surface area contributed by atoms with Crippen molar-refractivity contribution in [1.29, 1.82) is 0 Å². The van der Waals surface area contributed by atoms with Gasteiger partial charge in [0.15, 0.2) is 12.6 Å².